The van der Waals surface area contributed by atoms with Gasteiger partial charge >= 0.3 is 0 Å². The van der Waals surface area contributed by atoms with Crippen LogP contribution in [0.1, 0.15) is 0 Å². The maximum atomic E-state index is 2.56. The van der Waals surface area contributed by atoms with Gasteiger partial charge in [0.05, 0.1) is 61.5 Å². The van der Waals surface area contributed by atoms with Gasteiger partial charge in [0.25, 0.3) is 0 Å². The molecule has 0 saturated heterocycles. The molecule has 0 bridgehead atoms. The molecule has 5 heterocycles. The first-order valence-electron chi connectivity index (χ1n) is 24.7. The highest BCUT2D eigenvalue weighted by atomic mass is 32.2. The van der Waals surface area contributed by atoms with Gasteiger partial charge in [-0.1, -0.05) is 146 Å². The first-order chi connectivity index (χ1) is 35.8. The van der Waals surface area contributed by atoms with Crippen molar-refractivity contribution in [1.29, 1.82) is 0 Å². The van der Waals surface area contributed by atoms with E-state index in [4.69, 9.17) is 0 Å². The van der Waals surface area contributed by atoms with Crippen LogP contribution >= 0.6 is 10.9 Å². The second-order valence-electron chi connectivity index (χ2n) is 19.0. The van der Waals surface area contributed by atoms with E-state index in [2.05, 4.69) is 278 Å². The Morgan fingerprint density at radius 3 is 0.833 bits per heavy atom. The van der Waals surface area contributed by atoms with Crippen molar-refractivity contribution in [3.05, 3.63) is 255 Å². The molecular weight excluding hydrogens is 895 g/mol. The summed E-state index contributed by atoms with van der Waals surface area (Å²) in [5, 5.41) is 7.49. The van der Waals surface area contributed by atoms with Gasteiger partial charge in [-0.15, -0.1) is 0 Å². The van der Waals surface area contributed by atoms with Crippen LogP contribution in [-0.2, 0) is 0 Å². The lowest BCUT2D eigenvalue weighted by Gasteiger charge is -2.47. The Morgan fingerprint density at radius 1 is 0.222 bits per heavy atom. The first kappa shape index (κ1) is 39.6. The molecule has 16 rings (SSSR count). The molecule has 0 spiro atoms. The lowest BCUT2D eigenvalue weighted by molar-refractivity contribution is 1.06. The Kier molecular flexibility index (Phi) is 8.32. The Hall–Kier alpha value is -9.23. The highest BCUT2D eigenvalue weighted by molar-refractivity contribution is 8.17. The summed E-state index contributed by atoms with van der Waals surface area (Å²) in [6.45, 7) is 0. The van der Waals surface area contributed by atoms with E-state index in [1.165, 1.54) is 103 Å². The standard InChI is InChI=1S/C66H43N5S/c1-3-19-43(20-4-1)67-60-39-45(69-54-29-13-7-23-48(54)49-24-8-14-30-55(49)69)35-37-64(60)72-65-38-36-46(70-56-31-15-9-25-50(56)51-26-10-16-32-57(51)70)40-61(65)68(44-21-5-2-6-22-44)63-42-47(41-62(67)66(63)72)71-58-33-17-11-27-52(58)53-28-12-18-34-59(53)71/h1-42,72H. The molecule has 0 aliphatic carbocycles. The molecule has 11 aromatic carbocycles. The summed E-state index contributed by atoms with van der Waals surface area (Å²) >= 11 is 0. The normalized spacial score (nSPS) is 13.4. The molecule has 0 radical (unpaired) electrons. The van der Waals surface area contributed by atoms with Gasteiger partial charge in [0.2, 0.25) is 0 Å². The average molecular weight is 938 g/mol. The number of anilines is 6. The van der Waals surface area contributed by atoms with Gasteiger partial charge in [0.1, 0.15) is 0 Å². The third-order valence-electron chi connectivity index (χ3n) is 15.2. The number of aromatic nitrogens is 3. The van der Waals surface area contributed by atoms with E-state index in [-0.39, 0.29) is 0 Å². The van der Waals surface area contributed by atoms with Crippen LogP contribution < -0.4 is 9.80 Å². The molecule has 14 aromatic rings. The summed E-state index contributed by atoms with van der Waals surface area (Å²) in [5.41, 5.74) is 17.5. The van der Waals surface area contributed by atoms with Crippen LogP contribution in [0.4, 0.5) is 34.1 Å². The summed E-state index contributed by atoms with van der Waals surface area (Å²) < 4.78 is 7.41. The molecule has 2 aliphatic rings. The summed E-state index contributed by atoms with van der Waals surface area (Å²) in [5.74, 6) is 0. The van der Waals surface area contributed by atoms with Gasteiger partial charge in [-0.3, -0.25) is 0 Å². The molecule has 0 N–H and O–H groups in total. The van der Waals surface area contributed by atoms with Crippen LogP contribution in [0.15, 0.2) is 269 Å². The van der Waals surface area contributed by atoms with E-state index in [0.717, 1.165) is 28.4 Å². The summed E-state index contributed by atoms with van der Waals surface area (Å²) in [7, 11) is -1.11. The van der Waals surface area contributed by atoms with Crippen LogP contribution in [-0.4, -0.2) is 13.7 Å². The highest BCUT2D eigenvalue weighted by Crippen LogP contribution is 2.71. The summed E-state index contributed by atoms with van der Waals surface area (Å²) in [6, 6.07) is 94.7. The lowest BCUT2D eigenvalue weighted by atomic mass is 10.1. The molecular formula is C66H43N5S. The second-order valence-corrected chi connectivity index (χ2v) is 21.0. The van der Waals surface area contributed by atoms with Gasteiger partial charge in [0.15, 0.2) is 0 Å². The zero-order valence-corrected chi connectivity index (χ0v) is 39.8. The number of nitrogens with zero attached hydrogens (tertiary/aromatic N) is 5. The van der Waals surface area contributed by atoms with E-state index in [1.807, 2.05) is 0 Å². The number of fused-ring (bicyclic) bond motifs is 13. The van der Waals surface area contributed by atoms with E-state index >= 15 is 0 Å². The fraction of sp³-hybridized carbons (Fsp3) is 0. The van der Waals surface area contributed by atoms with Gasteiger partial charge in [0, 0.05) is 69.8 Å². The van der Waals surface area contributed by atoms with Gasteiger partial charge < -0.3 is 23.5 Å². The largest absolute Gasteiger partial charge is 0.309 e. The van der Waals surface area contributed by atoms with Crippen molar-refractivity contribution in [1.82, 2.24) is 13.7 Å². The minimum absolute atomic E-state index is 1.11. The van der Waals surface area contributed by atoms with E-state index in [0.29, 0.717) is 0 Å². The van der Waals surface area contributed by atoms with Crippen LogP contribution in [0.3, 0.4) is 0 Å². The lowest BCUT2D eigenvalue weighted by Crippen LogP contribution is -2.24. The maximum Gasteiger partial charge on any atom is 0.0629 e. The fourth-order valence-corrected chi connectivity index (χ4v) is 15.0. The van der Waals surface area contributed by atoms with E-state index < -0.39 is 10.9 Å². The number of thiol groups is 1. The molecule has 0 fully saturated rings. The zero-order valence-electron chi connectivity index (χ0n) is 38.9. The highest BCUT2D eigenvalue weighted by Gasteiger charge is 2.40. The molecule has 0 unspecified atom stereocenters. The molecule has 6 heteroatoms. The van der Waals surface area contributed by atoms with Crippen LogP contribution in [0.5, 0.6) is 0 Å². The number of benzene rings is 11. The Labute approximate surface area is 418 Å². The Morgan fingerprint density at radius 2 is 0.500 bits per heavy atom. The predicted octanol–water partition coefficient (Wildman–Crippen LogP) is 18.0. The van der Waals surface area contributed by atoms with Crippen LogP contribution in [0, 0.1) is 0 Å². The monoisotopic (exact) mass is 937 g/mol. The van der Waals surface area contributed by atoms with Crippen molar-refractivity contribution in [2.75, 3.05) is 9.80 Å². The third-order valence-corrected chi connectivity index (χ3v) is 17.8. The molecule has 0 atom stereocenters. The molecule has 72 heavy (non-hydrogen) atoms. The number of hydrogen-bond donors (Lipinski definition) is 1. The third kappa shape index (κ3) is 5.49. The second kappa shape index (κ2) is 15.1. The smallest absolute Gasteiger partial charge is 0.0629 e. The molecule has 2 aliphatic heterocycles. The summed E-state index contributed by atoms with van der Waals surface area (Å²) in [4.78, 5) is 9.12. The van der Waals surface area contributed by atoms with Crippen molar-refractivity contribution in [3.63, 3.8) is 0 Å². The van der Waals surface area contributed by atoms with Crippen molar-refractivity contribution in [3.8, 4) is 17.1 Å². The average Bonchev–Trinajstić information content (AvgIpc) is 4.09. The number of para-hydroxylation sites is 8. The van der Waals surface area contributed by atoms with E-state index in [1.54, 1.807) is 0 Å². The van der Waals surface area contributed by atoms with Crippen LogP contribution in [0.25, 0.3) is 82.5 Å². The fourth-order valence-electron chi connectivity index (χ4n) is 12.3. The van der Waals surface area contributed by atoms with Crippen molar-refractivity contribution in [2.45, 2.75) is 14.7 Å². The van der Waals surface area contributed by atoms with Gasteiger partial charge in [-0.05, 0) is 109 Å². The molecule has 338 valence electrons. The van der Waals surface area contributed by atoms with Gasteiger partial charge in [-0.25, -0.2) is 0 Å². The zero-order chi connectivity index (χ0) is 47.0. The Balaban J connectivity index is 1.04. The number of rotatable bonds is 5. The Bertz CT molecular complexity index is 4150. The molecule has 5 nitrogen and oxygen atoms in total. The van der Waals surface area contributed by atoms with Crippen LogP contribution in [0.2, 0.25) is 0 Å². The van der Waals surface area contributed by atoms with Crippen molar-refractivity contribution < 1.29 is 0 Å². The van der Waals surface area contributed by atoms with Gasteiger partial charge in [-0.2, -0.15) is 10.9 Å². The van der Waals surface area contributed by atoms with Crippen molar-refractivity contribution in [2.24, 2.45) is 0 Å². The maximum absolute atomic E-state index is 2.56. The minimum atomic E-state index is -1.11. The number of hydrogen-bond acceptors (Lipinski definition) is 2. The molecule has 3 aromatic heterocycles. The molecule has 0 amide bonds. The minimum Gasteiger partial charge on any atom is -0.309 e. The van der Waals surface area contributed by atoms with Crippen molar-refractivity contribution >= 4 is 110 Å². The SMILES string of the molecule is c1ccc(N2c3cc(-n4c5ccccc5c5ccccc54)ccc3[SH]3c4ccc(-n5c6ccccc6c6ccccc65)cc4N(c4ccccc4)c4cc(-n5c6ccccc6c6ccccc65)cc2c43)cc1. The summed E-state index contributed by atoms with van der Waals surface area (Å²) in [6.07, 6.45) is 0. The molecule has 0 saturated carbocycles. The quantitative estimate of drug-likeness (QED) is 0.174. The van der Waals surface area contributed by atoms with E-state index in [9.17, 15) is 0 Å². The predicted molar refractivity (Wildman–Crippen MR) is 303 cm³/mol. The first-order valence-corrected chi connectivity index (χ1v) is 26.0. The topological polar surface area (TPSA) is 21.3 Å².